The topological polar surface area (TPSA) is 76.7 Å². The number of aromatic nitrogens is 1. The molecule has 1 N–H and O–H groups in total. The summed E-state index contributed by atoms with van der Waals surface area (Å²) in [6.45, 7) is 6.49. The van der Waals surface area contributed by atoms with Gasteiger partial charge in [-0.15, -0.1) is 0 Å². The summed E-state index contributed by atoms with van der Waals surface area (Å²) in [6, 6.07) is 15.9. The zero-order valence-electron chi connectivity index (χ0n) is 19.5. The van der Waals surface area contributed by atoms with Crippen molar-refractivity contribution >= 4 is 28.5 Å². The Morgan fingerprint density at radius 2 is 1.73 bits per heavy atom. The third-order valence-electron chi connectivity index (χ3n) is 6.38. The van der Waals surface area contributed by atoms with Gasteiger partial charge in [0.05, 0.1) is 5.56 Å². The van der Waals surface area contributed by atoms with E-state index in [1.54, 1.807) is 32.3 Å². The van der Waals surface area contributed by atoms with Crippen LogP contribution in [0.15, 0.2) is 54.7 Å². The fraction of sp³-hybridized carbons (Fsp3) is 0.346. The summed E-state index contributed by atoms with van der Waals surface area (Å²) in [5.74, 6) is -1.24. The second kappa shape index (κ2) is 9.19. The van der Waals surface area contributed by atoms with Crippen LogP contribution in [0.4, 0.5) is 0 Å². The van der Waals surface area contributed by atoms with Crippen molar-refractivity contribution < 1.29 is 14.4 Å². The van der Waals surface area contributed by atoms with Crippen LogP contribution in [-0.2, 0) is 11.3 Å². The number of piperazine rings is 1. The summed E-state index contributed by atoms with van der Waals surface area (Å²) < 4.78 is 0. The van der Waals surface area contributed by atoms with Crippen molar-refractivity contribution in [3.63, 3.8) is 0 Å². The number of rotatable bonds is 5. The first kappa shape index (κ1) is 22.7. The zero-order chi connectivity index (χ0) is 23.7. The predicted octanol–water partition coefficient (Wildman–Crippen LogP) is 3.17. The van der Waals surface area contributed by atoms with Gasteiger partial charge in [0.25, 0.3) is 17.6 Å². The van der Waals surface area contributed by atoms with Gasteiger partial charge in [0.2, 0.25) is 0 Å². The highest BCUT2D eigenvalue weighted by Gasteiger charge is 2.32. The molecule has 1 fully saturated rings. The largest absolute Gasteiger partial charge is 0.360 e. The number of fused-ring (bicyclic) bond motifs is 1. The van der Waals surface area contributed by atoms with E-state index in [4.69, 9.17) is 0 Å². The van der Waals surface area contributed by atoms with Gasteiger partial charge in [-0.2, -0.15) is 0 Å². The van der Waals surface area contributed by atoms with Crippen LogP contribution in [0.5, 0.6) is 0 Å². The van der Waals surface area contributed by atoms with Crippen LogP contribution < -0.4 is 0 Å². The molecule has 2 heterocycles. The van der Waals surface area contributed by atoms with Gasteiger partial charge in [0.15, 0.2) is 0 Å². The molecule has 33 heavy (non-hydrogen) atoms. The Labute approximate surface area is 194 Å². The minimum Gasteiger partial charge on any atom is -0.360 e. The van der Waals surface area contributed by atoms with Crippen LogP contribution in [-0.4, -0.2) is 76.5 Å². The van der Waals surface area contributed by atoms with E-state index in [1.807, 2.05) is 23.1 Å². The van der Waals surface area contributed by atoms with Crippen LogP contribution >= 0.6 is 0 Å². The molecule has 2 amide bonds. The van der Waals surface area contributed by atoms with E-state index in [-0.39, 0.29) is 23.6 Å². The lowest BCUT2D eigenvalue weighted by molar-refractivity contribution is -0.124. The summed E-state index contributed by atoms with van der Waals surface area (Å²) in [5, 5.41) is 0.587. The lowest BCUT2D eigenvalue weighted by Crippen LogP contribution is -2.57. The first-order valence-electron chi connectivity index (χ1n) is 11.2. The van der Waals surface area contributed by atoms with Crippen LogP contribution in [0.1, 0.15) is 40.1 Å². The number of Topliss-reactive ketones (excluding diaryl/α,β-unsaturated/α-hetero) is 1. The highest BCUT2D eigenvalue weighted by Crippen LogP contribution is 2.24. The Balaban J connectivity index is 1.54. The molecule has 7 heteroatoms. The average Bonchev–Trinajstić information content (AvgIpc) is 3.23. The molecule has 4 rings (SSSR count). The summed E-state index contributed by atoms with van der Waals surface area (Å²) >= 11 is 0. The molecule has 2 aromatic carbocycles. The summed E-state index contributed by atoms with van der Waals surface area (Å²) in [6.07, 6.45) is 1.54. The molecule has 1 aliphatic heterocycles. The Morgan fingerprint density at radius 3 is 2.42 bits per heavy atom. The minimum atomic E-state index is -0.593. The van der Waals surface area contributed by atoms with Gasteiger partial charge in [-0.3, -0.25) is 19.3 Å². The molecular weight excluding hydrogens is 416 g/mol. The van der Waals surface area contributed by atoms with Crippen molar-refractivity contribution in [3.05, 3.63) is 71.4 Å². The number of likely N-dealkylation sites (N-methyl/N-ethyl adjacent to an activating group) is 1. The molecule has 0 radical (unpaired) electrons. The maximum absolute atomic E-state index is 13.4. The van der Waals surface area contributed by atoms with Crippen LogP contribution in [0.3, 0.4) is 0 Å². The SMILES string of the molecule is C[C@@H]1CN(Cc2ccccc2)[C@@H](C)CN1C(=O)c1ccc2[nH]cc(C(=O)C(=O)N(C)C)c2c1. The number of carbonyl (C=O) groups is 3. The maximum atomic E-state index is 13.4. The lowest BCUT2D eigenvalue weighted by atomic mass is 10.0. The number of nitrogens with zero attached hydrogens (tertiary/aromatic N) is 3. The van der Waals surface area contributed by atoms with Crippen LogP contribution in [0.25, 0.3) is 10.9 Å². The Bertz CT molecular complexity index is 1180. The van der Waals surface area contributed by atoms with Gasteiger partial charge in [-0.25, -0.2) is 0 Å². The molecule has 1 aromatic heterocycles. The van der Waals surface area contributed by atoms with E-state index in [2.05, 4.69) is 35.9 Å². The minimum absolute atomic E-state index is 0.0516. The molecule has 0 unspecified atom stereocenters. The monoisotopic (exact) mass is 446 g/mol. The highest BCUT2D eigenvalue weighted by atomic mass is 16.2. The van der Waals surface area contributed by atoms with Crippen LogP contribution in [0, 0.1) is 0 Å². The number of hydrogen-bond donors (Lipinski definition) is 1. The van der Waals surface area contributed by atoms with E-state index >= 15 is 0 Å². The second-order valence-corrected chi connectivity index (χ2v) is 9.06. The van der Waals surface area contributed by atoms with E-state index in [1.165, 1.54) is 16.7 Å². The molecule has 0 spiro atoms. The Hall–Kier alpha value is -3.45. The summed E-state index contributed by atoms with van der Waals surface area (Å²) in [7, 11) is 3.09. The normalized spacial score (nSPS) is 19.0. The molecule has 1 aliphatic rings. The summed E-state index contributed by atoms with van der Waals surface area (Å²) in [5.41, 5.74) is 2.78. The molecular formula is C26H30N4O3. The predicted molar refractivity (Wildman–Crippen MR) is 128 cm³/mol. The van der Waals surface area contributed by atoms with Gasteiger partial charge in [0.1, 0.15) is 0 Å². The smallest absolute Gasteiger partial charge is 0.294 e. The number of ketones is 1. The zero-order valence-corrected chi connectivity index (χ0v) is 19.5. The molecule has 172 valence electrons. The van der Waals surface area contributed by atoms with Crippen molar-refractivity contribution in [2.45, 2.75) is 32.5 Å². The second-order valence-electron chi connectivity index (χ2n) is 9.06. The van der Waals surface area contributed by atoms with E-state index in [0.29, 0.717) is 17.5 Å². The van der Waals surface area contributed by atoms with Crippen molar-refractivity contribution in [1.82, 2.24) is 19.7 Å². The first-order chi connectivity index (χ1) is 15.8. The number of amides is 2. The van der Waals surface area contributed by atoms with Crippen molar-refractivity contribution in [2.75, 3.05) is 27.2 Å². The molecule has 0 bridgehead atoms. The maximum Gasteiger partial charge on any atom is 0.294 e. The number of hydrogen-bond acceptors (Lipinski definition) is 4. The number of carbonyl (C=O) groups excluding carboxylic acids is 3. The summed E-state index contributed by atoms with van der Waals surface area (Å²) in [4.78, 5) is 46.8. The molecule has 2 atom stereocenters. The third kappa shape index (κ3) is 4.54. The van der Waals surface area contributed by atoms with Crippen LogP contribution in [0.2, 0.25) is 0 Å². The van der Waals surface area contributed by atoms with Gasteiger partial charge in [-0.1, -0.05) is 30.3 Å². The number of H-pyrrole nitrogens is 1. The number of aromatic amines is 1. The molecule has 3 aromatic rings. The number of benzene rings is 2. The van der Waals surface area contributed by atoms with Gasteiger partial charge in [-0.05, 0) is 37.6 Å². The van der Waals surface area contributed by atoms with Crippen molar-refractivity contribution in [3.8, 4) is 0 Å². The fourth-order valence-electron chi connectivity index (χ4n) is 4.44. The standard InChI is InChI=1S/C26H30N4O3/c1-17-15-30(18(2)14-29(17)16-19-8-6-5-7-9-19)25(32)20-10-11-23-21(12-20)22(13-27-23)24(31)26(33)28(3)4/h5-13,17-18,27H,14-16H2,1-4H3/t17-,18+/m0/s1. The Kier molecular flexibility index (Phi) is 6.33. The Morgan fingerprint density at radius 1 is 1.00 bits per heavy atom. The van der Waals surface area contributed by atoms with Gasteiger partial charge >= 0.3 is 0 Å². The molecule has 1 saturated heterocycles. The first-order valence-corrected chi connectivity index (χ1v) is 11.2. The molecule has 0 aliphatic carbocycles. The van der Waals surface area contributed by atoms with E-state index in [9.17, 15) is 14.4 Å². The van der Waals surface area contributed by atoms with Gasteiger partial charge in [0, 0.05) is 68.5 Å². The third-order valence-corrected chi connectivity index (χ3v) is 6.38. The molecule has 0 saturated carbocycles. The molecule has 7 nitrogen and oxygen atoms in total. The van der Waals surface area contributed by atoms with Crippen molar-refractivity contribution in [2.24, 2.45) is 0 Å². The van der Waals surface area contributed by atoms with E-state index < -0.39 is 11.7 Å². The lowest BCUT2D eigenvalue weighted by Gasteiger charge is -2.44. The highest BCUT2D eigenvalue weighted by molar-refractivity contribution is 6.44. The van der Waals surface area contributed by atoms with Gasteiger partial charge < -0.3 is 14.8 Å². The number of nitrogens with one attached hydrogen (secondary N) is 1. The average molecular weight is 447 g/mol. The fourth-order valence-corrected chi connectivity index (χ4v) is 4.44. The quantitative estimate of drug-likeness (QED) is 0.482. The van der Waals surface area contributed by atoms with E-state index in [0.717, 1.165) is 18.6 Å². The van der Waals surface area contributed by atoms with Crippen molar-refractivity contribution in [1.29, 1.82) is 0 Å².